The molecule has 124 valence electrons. The lowest BCUT2D eigenvalue weighted by atomic mass is 10.2. The second-order valence-electron chi connectivity index (χ2n) is 5.18. The van der Waals surface area contributed by atoms with Gasteiger partial charge in [-0.3, -0.25) is 4.90 Å². The molecule has 0 amide bonds. The first kappa shape index (κ1) is 15.6. The van der Waals surface area contributed by atoms with Crippen molar-refractivity contribution in [2.24, 2.45) is 0 Å². The van der Waals surface area contributed by atoms with Crippen LogP contribution in [0.15, 0.2) is 22.7 Å². The molecule has 0 radical (unpaired) electrons. The quantitative estimate of drug-likeness (QED) is 0.841. The Morgan fingerprint density at radius 1 is 1.22 bits per heavy atom. The van der Waals surface area contributed by atoms with Gasteiger partial charge >= 0.3 is 6.18 Å². The molecular formula is C14H14F3N3O3. The first-order valence-corrected chi connectivity index (χ1v) is 6.88. The average Bonchev–Trinajstić information content (AvgIpc) is 3.12. The van der Waals surface area contributed by atoms with Crippen molar-refractivity contribution in [3.63, 3.8) is 0 Å². The second kappa shape index (κ2) is 6.07. The van der Waals surface area contributed by atoms with Crippen molar-refractivity contribution >= 4 is 0 Å². The number of rotatable bonds is 5. The van der Waals surface area contributed by atoms with Gasteiger partial charge in [-0.15, -0.1) is 0 Å². The zero-order valence-corrected chi connectivity index (χ0v) is 12.3. The lowest BCUT2D eigenvalue weighted by Gasteiger charge is -2.15. The van der Waals surface area contributed by atoms with Crippen LogP contribution in [0.4, 0.5) is 13.2 Å². The summed E-state index contributed by atoms with van der Waals surface area (Å²) in [6.45, 7) is 0.180. The maximum atomic E-state index is 12.2. The molecule has 0 N–H and O–H groups in total. The van der Waals surface area contributed by atoms with E-state index >= 15 is 0 Å². The van der Waals surface area contributed by atoms with E-state index in [-0.39, 0.29) is 25.8 Å². The molecule has 1 aromatic carbocycles. The standard InChI is InChI=1S/C14H14F3N3O3/c1-20(5-4-14(15,16)17)7-12-18-13(19-23-12)9-2-3-10-11(6-9)22-8-21-10/h2-3,6H,4-5,7-8H2,1H3. The highest BCUT2D eigenvalue weighted by atomic mass is 19.4. The number of hydrogen-bond donors (Lipinski definition) is 0. The van der Waals surface area contributed by atoms with Gasteiger partial charge in [0.1, 0.15) is 0 Å². The fraction of sp³-hybridized carbons (Fsp3) is 0.429. The highest BCUT2D eigenvalue weighted by Gasteiger charge is 2.27. The Morgan fingerprint density at radius 2 is 2.00 bits per heavy atom. The monoisotopic (exact) mass is 329 g/mol. The Labute approximate surface area is 129 Å². The highest BCUT2D eigenvalue weighted by molar-refractivity contribution is 5.61. The Balaban J connectivity index is 1.64. The normalized spacial score (nSPS) is 13.8. The van der Waals surface area contributed by atoms with Crippen LogP contribution in [0.3, 0.4) is 0 Å². The van der Waals surface area contributed by atoms with Crippen molar-refractivity contribution in [1.82, 2.24) is 15.0 Å². The summed E-state index contributed by atoms with van der Waals surface area (Å²) in [4.78, 5) is 5.67. The van der Waals surface area contributed by atoms with Crippen LogP contribution in [0.2, 0.25) is 0 Å². The number of nitrogens with zero attached hydrogens (tertiary/aromatic N) is 3. The van der Waals surface area contributed by atoms with Crippen molar-refractivity contribution < 1.29 is 27.2 Å². The summed E-state index contributed by atoms with van der Waals surface area (Å²) in [5.74, 6) is 1.84. The molecule has 2 heterocycles. The fourth-order valence-corrected chi connectivity index (χ4v) is 2.10. The molecule has 0 saturated carbocycles. The molecule has 1 aliphatic rings. The zero-order valence-electron chi connectivity index (χ0n) is 12.3. The lowest BCUT2D eigenvalue weighted by Crippen LogP contribution is -2.24. The molecule has 0 bridgehead atoms. The summed E-state index contributed by atoms with van der Waals surface area (Å²) in [6, 6.07) is 5.23. The zero-order chi connectivity index (χ0) is 16.4. The first-order valence-electron chi connectivity index (χ1n) is 6.88. The van der Waals surface area contributed by atoms with Crippen LogP contribution in [0.1, 0.15) is 12.3 Å². The third-order valence-electron chi connectivity index (χ3n) is 3.28. The molecule has 9 heteroatoms. The largest absolute Gasteiger partial charge is 0.454 e. The minimum atomic E-state index is -4.18. The second-order valence-corrected chi connectivity index (χ2v) is 5.18. The summed E-state index contributed by atoms with van der Waals surface area (Å²) in [6.07, 6.45) is -5.06. The van der Waals surface area contributed by atoms with Crippen molar-refractivity contribution in [3.8, 4) is 22.9 Å². The minimum Gasteiger partial charge on any atom is -0.454 e. The van der Waals surface area contributed by atoms with Gasteiger partial charge in [0.05, 0.1) is 13.0 Å². The van der Waals surface area contributed by atoms with Gasteiger partial charge in [-0.25, -0.2) is 0 Å². The summed E-state index contributed by atoms with van der Waals surface area (Å²) >= 11 is 0. The van der Waals surface area contributed by atoms with Crippen LogP contribution >= 0.6 is 0 Å². The topological polar surface area (TPSA) is 60.6 Å². The van der Waals surface area contributed by atoms with E-state index in [1.807, 2.05) is 0 Å². The van der Waals surface area contributed by atoms with E-state index in [0.717, 1.165) is 0 Å². The van der Waals surface area contributed by atoms with Gasteiger partial charge in [-0.1, -0.05) is 5.16 Å². The molecule has 2 aromatic rings. The smallest absolute Gasteiger partial charge is 0.390 e. The van der Waals surface area contributed by atoms with E-state index in [9.17, 15) is 13.2 Å². The van der Waals surface area contributed by atoms with E-state index < -0.39 is 12.6 Å². The van der Waals surface area contributed by atoms with Crippen LogP contribution < -0.4 is 9.47 Å². The van der Waals surface area contributed by atoms with Gasteiger partial charge in [0.25, 0.3) is 0 Å². The summed E-state index contributed by atoms with van der Waals surface area (Å²) in [5, 5.41) is 3.84. The molecule has 1 aromatic heterocycles. The summed E-state index contributed by atoms with van der Waals surface area (Å²) in [7, 11) is 1.57. The number of halogens is 3. The van der Waals surface area contributed by atoms with Crippen molar-refractivity contribution in [2.75, 3.05) is 20.4 Å². The highest BCUT2D eigenvalue weighted by Crippen LogP contribution is 2.35. The summed E-state index contributed by atoms with van der Waals surface area (Å²) < 4.78 is 52.1. The predicted molar refractivity (Wildman–Crippen MR) is 72.9 cm³/mol. The third-order valence-corrected chi connectivity index (χ3v) is 3.28. The van der Waals surface area contributed by atoms with Crippen LogP contribution in [0, 0.1) is 0 Å². The van der Waals surface area contributed by atoms with Crippen molar-refractivity contribution in [1.29, 1.82) is 0 Å². The average molecular weight is 329 g/mol. The molecule has 0 fully saturated rings. The van der Waals surface area contributed by atoms with E-state index in [0.29, 0.717) is 22.9 Å². The molecule has 0 atom stereocenters. The lowest BCUT2D eigenvalue weighted by molar-refractivity contribution is -0.137. The molecule has 0 spiro atoms. The Bertz CT molecular complexity index is 687. The maximum Gasteiger partial charge on any atom is 0.390 e. The van der Waals surface area contributed by atoms with Gasteiger partial charge in [0, 0.05) is 12.1 Å². The Morgan fingerprint density at radius 3 is 2.78 bits per heavy atom. The van der Waals surface area contributed by atoms with Crippen LogP contribution in [0.5, 0.6) is 11.5 Å². The number of alkyl halides is 3. The number of hydrogen-bond acceptors (Lipinski definition) is 6. The van der Waals surface area contributed by atoms with Crippen LogP contribution in [-0.2, 0) is 6.54 Å². The molecule has 23 heavy (non-hydrogen) atoms. The van der Waals surface area contributed by atoms with E-state index in [2.05, 4.69) is 10.1 Å². The molecule has 0 unspecified atom stereocenters. The van der Waals surface area contributed by atoms with Gasteiger partial charge in [0.2, 0.25) is 18.5 Å². The molecule has 3 rings (SSSR count). The van der Waals surface area contributed by atoms with Crippen molar-refractivity contribution in [2.45, 2.75) is 19.1 Å². The van der Waals surface area contributed by atoms with Crippen LogP contribution in [0.25, 0.3) is 11.4 Å². The number of aromatic nitrogens is 2. The minimum absolute atomic E-state index is 0.134. The molecule has 6 nitrogen and oxygen atoms in total. The first-order chi connectivity index (χ1) is 10.9. The summed E-state index contributed by atoms with van der Waals surface area (Å²) in [5.41, 5.74) is 0.683. The van der Waals surface area contributed by atoms with Gasteiger partial charge in [-0.05, 0) is 25.2 Å². The Kier molecular flexibility index (Phi) is 4.12. The maximum absolute atomic E-state index is 12.2. The van der Waals surface area contributed by atoms with E-state index in [1.54, 1.807) is 25.2 Å². The fourth-order valence-electron chi connectivity index (χ4n) is 2.10. The molecule has 0 saturated heterocycles. The SMILES string of the molecule is CN(CCC(F)(F)F)Cc1nc(-c2ccc3c(c2)OCO3)no1. The predicted octanol–water partition coefficient (Wildman–Crippen LogP) is 2.85. The van der Waals surface area contributed by atoms with E-state index in [4.69, 9.17) is 14.0 Å². The Hall–Kier alpha value is -2.29. The molecule has 0 aliphatic carbocycles. The van der Waals surface area contributed by atoms with Crippen molar-refractivity contribution in [3.05, 3.63) is 24.1 Å². The molecular weight excluding hydrogens is 315 g/mol. The molecule has 1 aliphatic heterocycles. The van der Waals surface area contributed by atoms with Crippen LogP contribution in [-0.4, -0.2) is 41.6 Å². The number of ether oxygens (including phenoxy) is 2. The number of benzene rings is 1. The third kappa shape index (κ3) is 3.92. The van der Waals surface area contributed by atoms with Gasteiger partial charge in [0.15, 0.2) is 11.5 Å². The van der Waals surface area contributed by atoms with E-state index in [1.165, 1.54) is 4.90 Å². The van der Waals surface area contributed by atoms with Gasteiger partial charge < -0.3 is 14.0 Å². The van der Waals surface area contributed by atoms with Gasteiger partial charge in [-0.2, -0.15) is 18.2 Å². The number of fused-ring (bicyclic) bond motifs is 1.